The van der Waals surface area contributed by atoms with Crippen LogP contribution in [0.2, 0.25) is 0 Å². The van der Waals surface area contributed by atoms with Gasteiger partial charge in [-0.05, 0) is 55.4 Å². The third-order valence-corrected chi connectivity index (χ3v) is 3.82. The van der Waals surface area contributed by atoms with E-state index in [0.29, 0.717) is 0 Å². The molecular formula is C18H20O5. The van der Waals surface area contributed by atoms with Crippen molar-refractivity contribution in [3.8, 4) is 5.75 Å². The summed E-state index contributed by atoms with van der Waals surface area (Å²) in [5, 5.41) is 17.8. The van der Waals surface area contributed by atoms with Crippen molar-refractivity contribution in [1.29, 1.82) is 0 Å². The van der Waals surface area contributed by atoms with Crippen LogP contribution in [0.5, 0.6) is 5.75 Å². The molecule has 5 heteroatoms. The van der Waals surface area contributed by atoms with Gasteiger partial charge in [0.1, 0.15) is 11.9 Å². The third-order valence-electron chi connectivity index (χ3n) is 3.82. The van der Waals surface area contributed by atoms with Crippen molar-refractivity contribution >= 4 is 18.0 Å². The van der Waals surface area contributed by atoms with Gasteiger partial charge in [0, 0.05) is 12.2 Å². The van der Waals surface area contributed by atoms with Crippen LogP contribution in [0.3, 0.4) is 0 Å². The molecule has 0 atom stereocenters. The highest BCUT2D eigenvalue weighted by molar-refractivity contribution is 5.87. The minimum atomic E-state index is -0.932. The van der Waals surface area contributed by atoms with E-state index in [4.69, 9.17) is 9.84 Å². The molecule has 0 unspecified atom stereocenters. The van der Waals surface area contributed by atoms with Crippen molar-refractivity contribution in [2.24, 2.45) is 5.92 Å². The zero-order valence-corrected chi connectivity index (χ0v) is 12.7. The number of carbonyl (C=O) groups excluding carboxylic acids is 1. The number of hydrogen-bond donors (Lipinski definition) is 2. The normalized spacial score (nSPS) is 21.6. The number of esters is 1. The minimum absolute atomic E-state index is 0.110. The molecule has 1 aromatic carbocycles. The predicted molar refractivity (Wildman–Crippen MR) is 85.8 cm³/mol. The van der Waals surface area contributed by atoms with E-state index < -0.39 is 5.97 Å². The zero-order chi connectivity index (χ0) is 16.7. The van der Waals surface area contributed by atoms with Gasteiger partial charge in [-0.3, -0.25) is 0 Å². The lowest BCUT2D eigenvalue weighted by Gasteiger charge is -2.26. The molecule has 0 radical (unpaired) electrons. The summed E-state index contributed by atoms with van der Waals surface area (Å²) in [6, 6.07) is 6.52. The fraction of sp³-hybridized carbons (Fsp3) is 0.333. The lowest BCUT2D eigenvalue weighted by Crippen LogP contribution is -2.23. The van der Waals surface area contributed by atoms with Gasteiger partial charge in [0.15, 0.2) is 0 Å². The van der Waals surface area contributed by atoms with Crippen molar-refractivity contribution < 1.29 is 24.5 Å². The quantitative estimate of drug-likeness (QED) is 0.644. The molecule has 2 N–H and O–H groups in total. The average Bonchev–Trinajstić information content (AvgIpc) is 2.53. The summed E-state index contributed by atoms with van der Waals surface area (Å²) >= 11 is 0. The van der Waals surface area contributed by atoms with Crippen LogP contribution in [0.4, 0.5) is 0 Å². The first-order chi connectivity index (χ1) is 11.0. The summed E-state index contributed by atoms with van der Waals surface area (Å²) in [6.45, 7) is 0. The van der Waals surface area contributed by atoms with Crippen molar-refractivity contribution in [3.05, 3.63) is 48.1 Å². The lowest BCUT2D eigenvalue weighted by molar-refractivity contribution is -0.144. The second-order valence-electron chi connectivity index (χ2n) is 5.60. The molecule has 0 aromatic heterocycles. The molecule has 1 aromatic rings. The van der Waals surface area contributed by atoms with Crippen molar-refractivity contribution in [3.63, 3.8) is 0 Å². The van der Waals surface area contributed by atoms with Crippen LogP contribution in [-0.4, -0.2) is 28.3 Å². The fourth-order valence-electron chi connectivity index (χ4n) is 2.57. The van der Waals surface area contributed by atoms with Crippen molar-refractivity contribution in [1.82, 2.24) is 0 Å². The maximum atomic E-state index is 11.8. The Kier molecular flexibility index (Phi) is 5.97. The van der Waals surface area contributed by atoms with E-state index in [1.54, 1.807) is 36.4 Å². The van der Waals surface area contributed by atoms with Crippen LogP contribution >= 0.6 is 0 Å². The third kappa shape index (κ3) is 5.98. The number of ether oxygens (including phenoxy) is 1. The summed E-state index contributed by atoms with van der Waals surface area (Å²) in [5.41, 5.74) is 0.808. The molecule has 2 rings (SSSR count). The average molecular weight is 316 g/mol. The molecule has 0 aliphatic heterocycles. The molecule has 1 aliphatic rings. The van der Waals surface area contributed by atoms with Gasteiger partial charge < -0.3 is 14.9 Å². The molecule has 0 saturated heterocycles. The van der Waals surface area contributed by atoms with E-state index >= 15 is 0 Å². The van der Waals surface area contributed by atoms with Gasteiger partial charge in [-0.2, -0.15) is 0 Å². The summed E-state index contributed by atoms with van der Waals surface area (Å²) in [7, 11) is 0. The van der Waals surface area contributed by atoms with Gasteiger partial charge in [0.05, 0.1) is 0 Å². The smallest absolute Gasteiger partial charge is 0.331 e. The van der Waals surface area contributed by atoms with Crippen LogP contribution in [0.15, 0.2) is 42.5 Å². The summed E-state index contributed by atoms with van der Waals surface area (Å²) in [5.74, 6) is -0.896. The molecule has 0 bridgehead atoms. The topological polar surface area (TPSA) is 83.8 Å². The number of rotatable bonds is 5. The zero-order valence-electron chi connectivity index (χ0n) is 12.7. The molecule has 0 heterocycles. The SMILES string of the molecule is O=C(O)/C=C/C1CCC(OC(=O)/C=C/c2ccc(O)cc2)CC1. The number of hydrogen-bond acceptors (Lipinski definition) is 4. The summed E-state index contributed by atoms with van der Waals surface area (Å²) in [6.07, 6.45) is 8.93. The predicted octanol–water partition coefficient (Wildman–Crippen LogP) is 3.15. The van der Waals surface area contributed by atoms with Gasteiger partial charge in [0.2, 0.25) is 0 Å². The van der Waals surface area contributed by atoms with Gasteiger partial charge in [-0.15, -0.1) is 0 Å². The van der Waals surface area contributed by atoms with E-state index in [1.165, 1.54) is 12.2 Å². The largest absolute Gasteiger partial charge is 0.508 e. The van der Waals surface area contributed by atoms with E-state index in [0.717, 1.165) is 31.2 Å². The number of aromatic hydroxyl groups is 1. The molecule has 1 fully saturated rings. The van der Waals surface area contributed by atoms with Crippen LogP contribution in [0, 0.1) is 5.92 Å². The first-order valence-corrected chi connectivity index (χ1v) is 7.62. The molecule has 1 saturated carbocycles. The summed E-state index contributed by atoms with van der Waals surface area (Å²) < 4.78 is 5.40. The van der Waals surface area contributed by atoms with E-state index in [9.17, 15) is 14.7 Å². The van der Waals surface area contributed by atoms with E-state index in [1.807, 2.05) is 0 Å². The number of allylic oxidation sites excluding steroid dienone is 1. The highest BCUT2D eigenvalue weighted by Crippen LogP contribution is 2.27. The molecule has 23 heavy (non-hydrogen) atoms. The Morgan fingerprint density at radius 2 is 1.70 bits per heavy atom. The second kappa shape index (κ2) is 8.17. The van der Waals surface area contributed by atoms with Gasteiger partial charge >= 0.3 is 11.9 Å². The Labute approximate surface area is 134 Å². The van der Waals surface area contributed by atoms with Crippen molar-refractivity contribution in [2.45, 2.75) is 31.8 Å². The second-order valence-corrected chi connectivity index (χ2v) is 5.60. The maximum absolute atomic E-state index is 11.8. The summed E-state index contributed by atoms with van der Waals surface area (Å²) in [4.78, 5) is 22.3. The standard InChI is InChI=1S/C18H20O5/c19-15-7-1-13(2-8-15)6-12-18(22)23-16-9-3-14(4-10-16)5-11-17(20)21/h1-2,5-8,11-12,14,16,19H,3-4,9-10H2,(H,20,21)/b11-5+,12-6+. The number of benzene rings is 1. The van der Waals surface area contributed by atoms with E-state index in [2.05, 4.69) is 0 Å². The number of carboxylic acids is 1. The first kappa shape index (κ1) is 16.8. The van der Waals surface area contributed by atoms with Gasteiger partial charge in [0.25, 0.3) is 0 Å². The highest BCUT2D eigenvalue weighted by Gasteiger charge is 2.21. The molecule has 1 aliphatic carbocycles. The fourth-order valence-corrected chi connectivity index (χ4v) is 2.57. The van der Waals surface area contributed by atoms with Gasteiger partial charge in [-0.1, -0.05) is 18.2 Å². The van der Waals surface area contributed by atoms with E-state index in [-0.39, 0.29) is 23.7 Å². The lowest BCUT2D eigenvalue weighted by atomic mass is 9.87. The number of phenolic OH excluding ortho intramolecular Hbond substituents is 1. The Morgan fingerprint density at radius 3 is 2.30 bits per heavy atom. The Balaban J connectivity index is 1.76. The molecule has 122 valence electrons. The molecule has 5 nitrogen and oxygen atoms in total. The monoisotopic (exact) mass is 316 g/mol. The Morgan fingerprint density at radius 1 is 1.04 bits per heavy atom. The van der Waals surface area contributed by atoms with Crippen LogP contribution in [0.1, 0.15) is 31.2 Å². The maximum Gasteiger partial charge on any atom is 0.331 e. The molecule has 0 spiro atoms. The Bertz CT molecular complexity index is 592. The minimum Gasteiger partial charge on any atom is -0.508 e. The van der Waals surface area contributed by atoms with Crippen LogP contribution in [0.25, 0.3) is 6.08 Å². The number of phenols is 1. The highest BCUT2D eigenvalue weighted by atomic mass is 16.5. The number of carbonyl (C=O) groups is 2. The Hall–Kier alpha value is -2.56. The molecule has 0 amide bonds. The van der Waals surface area contributed by atoms with Crippen LogP contribution in [-0.2, 0) is 14.3 Å². The van der Waals surface area contributed by atoms with Crippen LogP contribution < -0.4 is 0 Å². The van der Waals surface area contributed by atoms with Gasteiger partial charge in [-0.25, -0.2) is 9.59 Å². The first-order valence-electron chi connectivity index (χ1n) is 7.62. The number of aliphatic carboxylic acids is 1. The number of carboxylic acid groups (broad SMARTS) is 1. The molecular weight excluding hydrogens is 296 g/mol. The van der Waals surface area contributed by atoms with Crippen molar-refractivity contribution in [2.75, 3.05) is 0 Å².